The Hall–Kier alpha value is -0.930. The maximum atomic E-state index is 4.71. The Bertz CT molecular complexity index is 473. The first kappa shape index (κ1) is 11.2. The lowest BCUT2D eigenvalue weighted by atomic mass is 10.0. The lowest BCUT2D eigenvalue weighted by Gasteiger charge is -2.29. The average Bonchev–Trinajstić information content (AvgIpc) is 2.71. The first-order chi connectivity index (χ1) is 8.31. The summed E-state index contributed by atoms with van der Waals surface area (Å²) >= 11 is 1.84. The second-order valence-electron chi connectivity index (χ2n) is 5.06. The van der Waals surface area contributed by atoms with Crippen LogP contribution in [-0.2, 0) is 6.54 Å². The smallest absolute Gasteiger partial charge is 0.108 e. The molecule has 1 aromatic heterocycles. The van der Waals surface area contributed by atoms with Gasteiger partial charge in [0.2, 0.25) is 0 Å². The van der Waals surface area contributed by atoms with Crippen molar-refractivity contribution in [2.45, 2.75) is 26.3 Å². The van der Waals surface area contributed by atoms with Gasteiger partial charge in [-0.25, -0.2) is 4.98 Å². The Balaban J connectivity index is 1.75. The Morgan fingerprint density at radius 3 is 3.12 bits per heavy atom. The molecule has 0 amide bonds. The molecule has 90 valence electrons. The number of rotatable bonds is 2. The molecule has 3 rings (SSSR count). The molecule has 1 fully saturated rings. The van der Waals surface area contributed by atoms with Crippen LogP contribution in [0.25, 0.3) is 10.2 Å². The molecular formula is C14H18N2S. The van der Waals surface area contributed by atoms with Gasteiger partial charge in [-0.15, -0.1) is 11.3 Å². The second-order valence-corrected chi connectivity index (χ2v) is 6.17. The number of likely N-dealkylation sites (tertiary alicyclic amines) is 1. The van der Waals surface area contributed by atoms with Crippen LogP contribution in [0, 0.1) is 5.92 Å². The highest BCUT2D eigenvalue weighted by molar-refractivity contribution is 7.18. The van der Waals surface area contributed by atoms with Crippen molar-refractivity contribution in [2.75, 3.05) is 13.1 Å². The summed E-state index contributed by atoms with van der Waals surface area (Å²) in [6.45, 7) is 5.85. The van der Waals surface area contributed by atoms with Crippen molar-refractivity contribution in [3.63, 3.8) is 0 Å². The molecule has 0 spiro atoms. The minimum atomic E-state index is 0.845. The summed E-state index contributed by atoms with van der Waals surface area (Å²) in [5, 5.41) is 1.26. The first-order valence-corrected chi connectivity index (χ1v) is 7.20. The first-order valence-electron chi connectivity index (χ1n) is 6.38. The van der Waals surface area contributed by atoms with Crippen LogP contribution in [0.1, 0.15) is 24.8 Å². The zero-order chi connectivity index (χ0) is 11.7. The maximum Gasteiger partial charge on any atom is 0.108 e. The van der Waals surface area contributed by atoms with E-state index in [0.29, 0.717) is 0 Å². The third-order valence-corrected chi connectivity index (χ3v) is 4.46. The monoisotopic (exact) mass is 246 g/mol. The summed E-state index contributed by atoms with van der Waals surface area (Å²) < 4.78 is 1.31. The number of para-hydroxylation sites is 1. The SMILES string of the molecule is CC1CCCN(Cc2nc3ccccc3s2)C1. The minimum Gasteiger partial charge on any atom is -0.296 e. The zero-order valence-corrected chi connectivity index (χ0v) is 11.0. The molecule has 3 heteroatoms. The number of nitrogens with zero attached hydrogens (tertiary/aromatic N) is 2. The number of piperidine rings is 1. The van der Waals surface area contributed by atoms with E-state index < -0.39 is 0 Å². The molecule has 1 aliphatic rings. The quantitative estimate of drug-likeness (QED) is 0.806. The summed E-state index contributed by atoms with van der Waals surface area (Å²) in [6, 6.07) is 8.42. The maximum absolute atomic E-state index is 4.71. The molecule has 0 saturated carbocycles. The molecule has 2 aromatic rings. The molecule has 2 heterocycles. The van der Waals surface area contributed by atoms with Gasteiger partial charge in [0.1, 0.15) is 5.01 Å². The highest BCUT2D eigenvalue weighted by Gasteiger charge is 2.17. The van der Waals surface area contributed by atoms with E-state index in [4.69, 9.17) is 4.98 Å². The van der Waals surface area contributed by atoms with Crippen molar-refractivity contribution in [3.05, 3.63) is 29.3 Å². The molecule has 0 N–H and O–H groups in total. The van der Waals surface area contributed by atoms with Gasteiger partial charge in [-0.3, -0.25) is 4.90 Å². The normalized spacial score (nSPS) is 22.1. The van der Waals surface area contributed by atoms with Crippen LogP contribution in [0.3, 0.4) is 0 Å². The van der Waals surface area contributed by atoms with Crippen molar-refractivity contribution in [2.24, 2.45) is 5.92 Å². The van der Waals surface area contributed by atoms with Crippen LogP contribution in [0.5, 0.6) is 0 Å². The van der Waals surface area contributed by atoms with Gasteiger partial charge in [0.05, 0.1) is 16.8 Å². The fraction of sp³-hybridized carbons (Fsp3) is 0.500. The van der Waals surface area contributed by atoms with Gasteiger partial charge in [-0.05, 0) is 37.4 Å². The largest absolute Gasteiger partial charge is 0.296 e. The summed E-state index contributed by atoms with van der Waals surface area (Å²) in [5.41, 5.74) is 1.15. The molecule has 1 saturated heterocycles. The Morgan fingerprint density at radius 1 is 1.41 bits per heavy atom. The molecular weight excluding hydrogens is 228 g/mol. The molecule has 0 aliphatic carbocycles. The fourth-order valence-electron chi connectivity index (χ4n) is 2.61. The van der Waals surface area contributed by atoms with Crippen LogP contribution in [0.2, 0.25) is 0 Å². The van der Waals surface area contributed by atoms with Crippen molar-refractivity contribution in [1.29, 1.82) is 0 Å². The number of aromatic nitrogens is 1. The summed E-state index contributed by atoms with van der Waals surface area (Å²) in [4.78, 5) is 7.26. The Kier molecular flexibility index (Phi) is 3.12. The van der Waals surface area contributed by atoms with Crippen LogP contribution in [0.4, 0.5) is 0 Å². The van der Waals surface area contributed by atoms with E-state index in [1.807, 2.05) is 11.3 Å². The van der Waals surface area contributed by atoms with E-state index in [1.54, 1.807) is 0 Å². The van der Waals surface area contributed by atoms with E-state index in [0.717, 1.165) is 18.0 Å². The molecule has 1 atom stereocenters. The van der Waals surface area contributed by atoms with Crippen molar-refractivity contribution in [3.8, 4) is 0 Å². The molecule has 1 unspecified atom stereocenters. The molecule has 2 nitrogen and oxygen atoms in total. The second kappa shape index (κ2) is 4.75. The average molecular weight is 246 g/mol. The highest BCUT2D eigenvalue weighted by Crippen LogP contribution is 2.24. The number of hydrogen-bond acceptors (Lipinski definition) is 3. The van der Waals surface area contributed by atoms with Crippen LogP contribution in [0.15, 0.2) is 24.3 Å². The van der Waals surface area contributed by atoms with Crippen molar-refractivity contribution >= 4 is 21.6 Å². The molecule has 17 heavy (non-hydrogen) atoms. The van der Waals surface area contributed by atoms with E-state index in [-0.39, 0.29) is 0 Å². The summed E-state index contributed by atoms with van der Waals surface area (Å²) in [6.07, 6.45) is 2.72. The Morgan fingerprint density at radius 2 is 2.29 bits per heavy atom. The lowest BCUT2D eigenvalue weighted by Crippen LogP contribution is -2.33. The van der Waals surface area contributed by atoms with E-state index >= 15 is 0 Å². The predicted molar refractivity (Wildman–Crippen MR) is 73.3 cm³/mol. The highest BCUT2D eigenvalue weighted by atomic mass is 32.1. The van der Waals surface area contributed by atoms with E-state index in [1.165, 1.54) is 35.6 Å². The number of benzene rings is 1. The van der Waals surface area contributed by atoms with E-state index in [9.17, 15) is 0 Å². The van der Waals surface area contributed by atoms with Crippen molar-refractivity contribution < 1.29 is 0 Å². The van der Waals surface area contributed by atoms with Crippen molar-refractivity contribution in [1.82, 2.24) is 9.88 Å². The molecule has 1 aliphatic heterocycles. The summed E-state index contributed by atoms with van der Waals surface area (Å²) in [7, 11) is 0. The minimum absolute atomic E-state index is 0.845. The number of fused-ring (bicyclic) bond motifs is 1. The van der Waals surface area contributed by atoms with Gasteiger partial charge in [-0.1, -0.05) is 19.1 Å². The van der Waals surface area contributed by atoms with Crippen LogP contribution >= 0.6 is 11.3 Å². The van der Waals surface area contributed by atoms with Gasteiger partial charge in [-0.2, -0.15) is 0 Å². The molecule has 1 aromatic carbocycles. The van der Waals surface area contributed by atoms with Gasteiger partial charge in [0.25, 0.3) is 0 Å². The predicted octanol–water partition coefficient (Wildman–Crippen LogP) is 3.53. The van der Waals surface area contributed by atoms with Gasteiger partial charge >= 0.3 is 0 Å². The van der Waals surface area contributed by atoms with Gasteiger partial charge in [0, 0.05) is 6.54 Å². The Labute approximate surface area is 106 Å². The number of hydrogen-bond donors (Lipinski definition) is 0. The lowest BCUT2D eigenvalue weighted by molar-refractivity contribution is 0.176. The van der Waals surface area contributed by atoms with E-state index in [2.05, 4.69) is 36.1 Å². The van der Waals surface area contributed by atoms with Gasteiger partial charge in [0.15, 0.2) is 0 Å². The third-order valence-electron chi connectivity index (χ3n) is 3.44. The number of thiazole rings is 1. The van der Waals surface area contributed by atoms with Gasteiger partial charge < -0.3 is 0 Å². The molecule has 0 bridgehead atoms. The van der Waals surface area contributed by atoms with Crippen LogP contribution < -0.4 is 0 Å². The summed E-state index contributed by atoms with van der Waals surface area (Å²) in [5.74, 6) is 0.845. The van der Waals surface area contributed by atoms with Crippen LogP contribution in [-0.4, -0.2) is 23.0 Å². The standard InChI is InChI=1S/C14H18N2S/c1-11-5-4-8-16(9-11)10-14-15-12-6-2-3-7-13(12)17-14/h2-3,6-7,11H,4-5,8-10H2,1H3. The fourth-order valence-corrected chi connectivity index (χ4v) is 3.62. The topological polar surface area (TPSA) is 16.1 Å². The third kappa shape index (κ3) is 2.50. The zero-order valence-electron chi connectivity index (χ0n) is 10.2. The molecule has 0 radical (unpaired) electrons.